The van der Waals surface area contributed by atoms with Crippen LogP contribution in [0.5, 0.6) is 0 Å². The molecule has 7 heteroatoms. The molecule has 190 valence electrons. The highest BCUT2D eigenvalue weighted by atomic mass is 16.2. The fraction of sp³-hybridized carbons (Fsp3) is 0.258. The number of fused-ring (bicyclic) bond motifs is 5. The van der Waals surface area contributed by atoms with Gasteiger partial charge in [0.1, 0.15) is 5.82 Å². The summed E-state index contributed by atoms with van der Waals surface area (Å²) in [4.78, 5) is 27.2. The summed E-state index contributed by atoms with van der Waals surface area (Å²) in [7, 11) is 1.85. The van der Waals surface area contributed by atoms with E-state index in [0.29, 0.717) is 12.6 Å². The molecule has 1 N–H and O–H groups in total. The Labute approximate surface area is 222 Å². The molecule has 0 radical (unpaired) electrons. The Morgan fingerprint density at radius 2 is 1.79 bits per heavy atom. The molecule has 1 aliphatic carbocycles. The largest absolute Gasteiger partial charge is 0.340 e. The van der Waals surface area contributed by atoms with Crippen LogP contribution in [0.3, 0.4) is 0 Å². The summed E-state index contributed by atoms with van der Waals surface area (Å²) in [6.07, 6.45) is 5.34. The molecule has 4 aromatic rings. The molecule has 1 fully saturated rings. The molecule has 3 aliphatic rings. The first-order chi connectivity index (χ1) is 18.6. The average molecular weight is 503 g/mol. The highest BCUT2D eigenvalue weighted by Crippen LogP contribution is 2.46. The van der Waals surface area contributed by atoms with Crippen LogP contribution in [0.2, 0.25) is 0 Å². The number of nitrogens with zero attached hydrogens (tertiary/aromatic N) is 5. The summed E-state index contributed by atoms with van der Waals surface area (Å²) in [5, 5.41) is 3.66. The number of para-hydroxylation sites is 1. The summed E-state index contributed by atoms with van der Waals surface area (Å²) in [5.74, 6) is 1.70. The zero-order valence-corrected chi connectivity index (χ0v) is 21.6. The Balaban J connectivity index is 1.30. The van der Waals surface area contributed by atoms with Crippen LogP contribution in [-0.4, -0.2) is 45.4 Å². The van der Waals surface area contributed by atoms with Gasteiger partial charge in [-0.25, -0.2) is 4.99 Å². The van der Waals surface area contributed by atoms with Gasteiger partial charge in [-0.05, 0) is 56.0 Å². The minimum Gasteiger partial charge on any atom is -0.340 e. The van der Waals surface area contributed by atoms with Crippen molar-refractivity contribution in [3.8, 4) is 11.3 Å². The molecular formula is C31H30N6O. The molecule has 2 atom stereocenters. The van der Waals surface area contributed by atoms with Gasteiger partial charge in [-0.3, -0.25) is 14.7 Å². The van der Waals surface area contributed by atoms with Gasteiger partial charge in [0, 0.05) is 36.7 Å². The molecular weight excluding hydrogens is 472 g/mol. The van der Waals surface area contributed by atoms with E-state index in [1.807, 2.05) is 56.6 Å². The second kappa shape index (κ2) is 8.87. The number of carbonyl (C=O) groups excluding carboxylic acids is 1. The Kier molecular flexibility index (Phi) is 5.32. The number of benzene rings is 2. The number of carbonyl (C=O) groups is 1. The average Bonchev–Trinajstić information content (AvgIpc) is 3.62. The van der Waals surface area contributed by atoms with Gasteiger partial charge in [0.25, 0.3) is 5.91 Å². The van der Waals surface area contributed by atoms with E-state index >= 15 is 0 Å². The van der Waals surface area contributed by atoms with E-state index in [2.05, 4.69) is 56.2 Å². The number of nitrogens with one attached hydrogen (secondary N) is 1. The van der Waals surface area contributed by atoms with Crippen LogP contribution in [0.15, 0.2) is 84.0 Å². The van der Waals surface area contributed by atoms with Crippen LogP contribution < -0.4 is 10.2 Å². The van der Waals surface area contributed by atoms with E-state index < -0.39 is 0 Å². The van der Waals surface area contributed by atoms with E-state index in [1.54, 1.807) is 4.90 Å². The summed E-state index contributed by atoms with van der Waals surface area (Å²) >= 11 is 0. The van der Waals surface area contributed by atoms with Crippen LogP contribution >= 0.6 is 0 Å². The van der Waals surface area contributed by atoms with Crippen LogP contribution in [0, 0.1) is 6.92 Å². The second-order valence-electron chi connectivity index (χ2n) is 10.4. The Bertz CT molecular complexity index is 1560. The van der Waals surface area contributed by atoms with E-state index in [-0.39, 0.29) is 11.9 Å². The highest BCUT2D eigenvalue weighted by Gasteiger charge is 2.48. The number of pyridine rings is 1. The normalized spacial score (nSPS) is 19.7. The van der Waals surface area contributed by atoms with Crippen LogP contribution in [0.25, 0.3) is 11.3 Å². The number of hydrogen-bond acceptors (Lipinski definition) is 5. The van der Waals surface area contributed by atoms with Crippen molar-refractivity contribution >= 4 is 29.1 Å². The van der Waals surface area contributed by atoms with Gasteiger partial charge in [-0.15, -0.1) is 0 Å². The van der Waals surface area contributed by atoms with Gasteiger partial charge in [0.05, 0.1) is 29.0 Å². The minimum atomic E-state index is -0.00861. The van der Waals surface area contributed by atoms with Crippen molar-refractivity contribution in [3.63, 3.8) is 0 Å². The number of amides is 1. The number of anilines is 3. The molecule has 4 heterocycles. The summed E-state index contributed by atoms with van der Waals surface area (Å²) < 4.78 is 2.18. The molecule has 0 saturated heterocycles. The lowest BCUT2D eigenvalue weighted by molar-refractivity contribution is 0.0865. The van der Waals surface area contributed by atoms with Gasteiger partial charge >= 0.3 is 0 Å². The van der Waals surface area contributed by atoms with Gasteiger partial charge in [-0.1, -0.05) is 48.5 Å². The molecule has 1 saturated carbocycles. The van der Waals surface area contributed by atoms with E-state index in [0.717, 1.165) is 64.1 Å². The highest BCUT2D eigenvalue weighted by molar-refractivity contribution is 6.21. The quantitative estimate of drug-likeness (QED) is 0.373. The molecule has 38 heavy (non-hydrogen) atoms. The summed E-state index contributed by atoms with van der Waals surface area (Å²) in [6.45, 7) is 2.64. The number of aliphatic imine (C=N–C) groups is 1. The number of rotatable bonds is 5. The lowest BCUT2D eigenvalue weighted by atomic mass is 10.1. The Morgan fingerprint density at radius 3 is 2.58 bits per heavy atom. The number of guanidine groups is 1. The smallest absolute Gasteiger partial charge is 0.264 e. The van der Waals surface area contributed by atoms with E-state index in [4.69, 9.17) is 4.99 Å². The Morgan fingerprint density at radius 1 is 0.974 bits per heavy atom. The molecule has 0 bridgehead atoms. The van der Waals surface area contributed by atoms with Crippen molar-refractivity contribution in [1.29, 1.82) is 0 Å². The molecule has 0 unspecified atom stereocenters. The van der Waals surface area contributed by atoms with Crippen molar-refractivity contribution < 1.29 is 4.79 Å². The van der Waals surface area contributed by atoms with Crippen LogP contribution in [-0.2, 0) is 6.54 Å². The number of aromatic nitrogens is 2. The fourth-order valence-electron chi connectivity index (χ4n) is 6.06. The predicted molar refractivity (Wildman–Crippen MR) is 151 cm³/mol. The van der Waals surface area contributed by atoms with Gasteiger partial charge in [0.2, 0.25) is 5.96 Å². The van der Waals surface area contributed by atoms with Crippen molar-refractivity contribution in [2.75, 3.05) is 17.3 Å². The molecule has 0 spiro atoms. The molecule has 7 rings (SSSR count). The second-order valence-corrected chi connectivity index (χ2v) is 10.4. The van der Waals surface area contributed by atoms with Crippen molar-refractivity contribution in [1.82, 2.24) is 14.5 Å². The third-order valence-electron chi connectivity index (χ3n) is 7.93. The van der Waals surface area contributed by atoms with Crippen molar-refractivity contribution in [2.45, 2.75) is 44.8 Å². The van der Waals surface area contributed by atoms with Gasteiger partial charge < -0.3 is 14.8 Å². The molecule has 1 amide bonds. The van der Waals surface area contributed by atoms with Crippen molar-refractivity contribution in [3.05, 3.63) is 95.8 Å². The number of aryl methyl sites for hydroxylation is 1. The van der Waals surface area contributed by atoms with Crippen LogP contribution in [0.1, 0.15) is 40.9 Å². The molecule has 7 nitrogen and oxygen atoms in total. The number of hydrogen-bond donors (Lipinski definition) is 1. The minimum absolute atomic E-state index is 0.00861. The van der Waals surface area contributed by atoms with E-state index in [9.17, 15) is 4.79 Å². The Hall–Kier alpha value is -4.39. The summed E-state index contributed by atoms with van der Waals surface area (Å²) in [6, 6.07) is 25.3. The van der Waals surface area contributed by atoms with Crippen molar-refractivity contribution in [2.24, 2.45) is 4.99 Å². The summed E-state index contributed by atoms with van der Waals surface area (Å²) in [5.41, 5.74) is 6.88. The third-order valence-corrected chi connectivity index (χ3v) is 7.93. The van der Waals surface area contributed by atoms with Gasteiger partial charge in [-0.2, -0.15) is 0 Å². The first-order valence-corrected chi connectivity index (χ1v) is 13.3. The monoisotopic (exact) mass is 502 g/mol. The third kappa shape index (κ3) is 3.69. The van der Waals surface area contributed by atoms with Gasteiger partial charge in [0.15, 0.2) is 0 Å². The molecule has 2 aromatic carbocycles. The fourth-order valence-corrected chi connectivity index (χ4v) is 6.06. The first kappa shape index (κ1) is 22.8. The zero-order valence-electron chi connectivity index (χ0n) is 21.6. The zero-order chi connectivity index (χ0) is 25.8. The standard InChI is InChI=1S/C31H30N6O/c1-20-8-6-11-25(32-20)22-16-14-21(15-17-22)18-36-19-24-28(29(36)33-23-9-4-3-5-10-23)37-27-13-7-12-26(27)34-31(37)35(2)30(24)38/h3-6,8-11,14-17,19,26-27,33H,7,12-13,18H2,1-2H3/t26-,27+/m1/s1. The SMILES string of the molecule is Cc1cccc(-c2ccc(Cn3cc4c(c3Nc3ccccc3)N3C(=N[C@@H]5CCC[C@@H]53)N(C)C4=O)cc2)n1. The van der Waals surface area contributed by atoms with Crippen LogP contribution in [0.4, 0.5) is 17.2 Å². The lowest BCUT2D eigenvalue weighted by Gasteiger charge is -2.36. The lowest BCUT2D eigenvalue weighted by Crippen LogP contribution is -2.51. The van der Waals surface area contributed by atoms with E-state index in [1.165, 1.54) is 6.42 Å². The maximum absolute atomic E-state index is 13.5. The topological polar surface area (TPSA) is 65.8 Å². The molecule has 2 aliphatic heterocycles. The molecule has 2 aromatic heterocycles. The first-order valence-electron chi connectivity index (χ1n) is 13.3. The maximum Gasteiger partial charge on any atom is 0.264 e. The maximum atomic E-state index is 13.5. The predicted octanol–water partition coefficient (Wildman–Crippen LogP) is 5.83.